The Kier molecular flexibility index (Phi) is 4.89. The lowest BCUT2D eigenvalue weighted by Gasteiger charge is -2.32. The number of hydrogen-bond acceptors (Lipinski definition) is 6. The number of ether oxygens (including phenoxy) is 1. The first-order valence-electron chi connectivity index (χ1n) is 7.06. The van der Waals surface area contributed by atoms with E-state index in [0.29, 0.717) is 18.8 Å². The van der Waals surface area contributed by atoms with Crippen LogP contribution in [-0.4, -0.2) is 76.5 Å². The molecule has 0 aliphatic carbocycles. The third-order valence-electron chi connectivity index (χ3n) is 3.59. The van der Waals surface area contributed by atoms with Gasteiger partial charge in [0.2, 0.25) is 5.91 Å². The molecular weight excluding hydrogens is 274 g/mol. The van der Waals surface area contributed by atoms with Gasteiger partial charge in [-0.15, -0.1) is 5.10 Å². The van der Waals surface area contributed by atoms with Crippen molar-refractivity contribution >= 4 is 11.9 Å². The van der Waals surface area contributed by atoms with Gasteiger partial charge in [-0.3, -0.25) is 4.79 Å². The zero-order valence-corrected chi connectivity index (χ0v) is 12.7. The van der Waals surface area contributed by atoms with E-state index in [1.807, 2.05) is 11.9 Å². The number of piperazine rings is 1. The van der Waals surface area contributed by atoms with Crippen molar-refractivity contribution in [2.75, 3.05) is 39.8 Å². The number of carbonyl (C=O) groups is 2. The first-order chi connectivity index (χ1) is 10.0. The Morgan fingerprint density at radius 1 is 1.24 bits per heavy atom. The summed E-state index contributed by atoms with van der Waals surface area (Å²) in [6, 6.07) is 0. The fourth-order valence-electron chi connectivity index (χ4n) is 2.18. The molecule has 2 rings (SSSR count). The van der Waals surface area contributed by atoms with Gasteiger partial charge in [-0.2, -0.15) is 0 Å². The molecule has 8 nitrogen and oxygen atoms in total. The first-order valence-corrected chi connectivity index (χ1v) is 7.06. The summed E-state index contributed by atoms with van der Waals surface area (Å²) in [6.45, 7) is 7.00. The molecule has 1 aromatic heterocycles. The Morgan fingerprint density at radius 2 is 1.90 bits per heavy atom. The molecule has 0 spiro atoms. The van der Waals surface area contributed by atoms with Crippen molar-refractivity contribution < 1.29 is 14.3 Å². The number of nitrogens with zero attached hydrogens (tertiary/aromatic N) is 5. The number of carbonyl (C=O) groups excluding carboxylic acids is 2. The van der Waals surface area contributed by atoms with Crippen molar-refractivity contribution in [3.8, 4) is 0 Å². The van der Waals surface area contributed by atoms with Crippen molar-refractivity contribution in [1.82, 2.24) is 24.8 Å². The maximum absolute atomic E-state index is 12.2. The van der Waals surface area contributed by atoms with Gasteiger partial charge in [0.05, 0.1) is 12.3 Å². The predicted molar refractivity (Wildman–Crippen MR) is 74.8 cm³/mol. The van der Waals surface area contributed by atoms with Crippen molar-refractivity contribution in [2.24, 2.45) is 0 Å². The highest BCUT2D eigenvalue weighted by molar-refractivity contribution is 5.88. The van der Waals surface area contributed by atoms with E-state index < -0.39 is 5.97 Å². The summed E-state index contributed by atoms with van der Waals surface area (Å²) in [4.78, 5) is 27.9. The smallest absolute Gasteiger partial charge is 0.360 e. The molecular formula is C13H21N5O3. The number of likely N-dealkylation sites (N-methyl/N-ethyl adjacent to an activating group) is 1. The minimum Gasteiger partial charge on any atom is -0.461 e. The second-order valence-electron chi connectivity index (χ2n) is 5.09. The summed E-state index contributed by atoms with van der Waals surface area (Å²) >= 11 is 0. The SMILES string of the molecule is CCOC(=O)c1nnn(CC(=O)N2CCN(C)CC2)c1C. The summed E-state index contributed by atoms with van der Waals surface area (Å²) in [5.41, 5.74) is 0.721. The lowest BCUT2D eigenvalue weighted by atomic mass is 10.3. The molecule has 0 aromatic carbocycles. The van der Waals surface area contributed by atoms with Gasteiger partial charge in [-0.25, -0.2) is 9.48 Å². The minimum absolute atomic E-state index is 0.00786. The summed E-state index contributed by atoms with van der Waals surface area (Å²) in [5, 5.41) is 7.68. The average Bonchev–Trinajstić information content (AvgIpc) is 2.81. The van der Waals surface area contributed by atoms with Crippen molar-refractivity contribution in [3.05, 3.63) is 11.4 Å². The molecule has 0 bridgehead atoms. The number of aromatic nitrogens is 3. The molecule has 1 saturated heterocycles. The van der Waals surface area contributed by atoms with Gasteiger partial charge in [0.25, 0.3) is 0 Å². The molecule has 0 unspecified atom stereocenters. The normalized spacial score (nSPS) is 16.0. The Morgan fingerprint density at radius 3 is 2.52 bits per heavy atom. The summed E-state index contributed by atoms with van der Waals surface area (Å²) < 4.78 is 6.35. The van der Waals surface area contributed by atoms with Crippen LogP contribution in [0.2, 0.25) is 0 Å². The lowest BCUT2D eigenvalue weighted by molar-refractivity contribution is -0.133. The largest absolute Gasteiger partial charge is 0.461 e. The molecule has 0 saturated carbocycles. The Bertz CT molecular complexity index is 520. The Labute approximate surface area is 123 Å². The molecule has 1 aliphatic heterocycles. The van der Waals surface area contributed by atoms with E-state index in [4.69, 9.17) is 4.74 Å². The van der Waals surface area contributed by atoms with Crippen LogP contribution in [0.25, 0.3) is 0 Å². The van der Waals surface area contributed by atoms with Gasteiger partial charge >= 0.3 is 5.97 Å². The maximum atomic E-state index is 12.2. The van der Waals surface area contributed by atoms with Crippen LogP contribution >= 0.6 is 0 Å². The molecule has 21 heavy (non-hydrogen) atoms. The predicted octanol–water partition coefficient (Wildman–Crippen LogP) is -0.463. The minimum atomic E-state index is -0.506. The molecule has 0 radical (unpaired) electrons. The van der Waals surface area contributed by atoms with Gasteiger partial charge in [0.15, 0.2) is 5.69 Å². The highest BCUT2D eigenvalue weighted by Gasteiger charge is 2.22. The number of hydrogen-bond donors (Lipinski definition) is 0. The fourth-order valence-corrected chi connectivity index (χ4v) is 2.18. The molecule has 2 heterocycles. The Hall–Kier alpha value is -1.96. The summed E-state index contributed by atoms with van der Waals surface area (Å²) in [6.07, 6.45) is 0. The molecule has 1 fully saturated rings. The van der Waals surface area contributed by atoms with Crippen molar-refractivity contribution in [3.63, 3.8) is 0 Å². The lowest BCUT2D eigenvalue weighted by Crippen LogP contribution is -2.48. The van der Waals surface area contributed by atoms with Gasteiger partial charge in [-0.1, -0.05) is 5.21 Å². The topological polar surface area (TPSA) is 80.6 Å². The zero-order chi connectivity index (χ0) is 15.4. The molecule has 1 aliphatic rings. The molecule has 8 heteroatoms. The van der Waals surface area contributed by atoms with Gasteiger partial charge in [0.1, 0.15) is 6.54 Å². The van der Waals surface area contributed by atoms with Crippen LogP contribution in [-0.2, 0) is 16.1 Å². The van der Waals surface area contributed by atoms with E-state index in [-0.39, 0.29) is 24.8 Å². The van der Waals surface area contributed by atoms with E-state index in [9.17, 15) is 9.59 Å². The van der Waals surface area contributed by atoms with E-state index >= 15 is 0 Å². The van der Waals surface area contributed by atoms with Crippen molar-refractivity contribution in [1.29, 1.82) is 0 Å². The van der Waals surface area contributed by atoms with E-state index in [1.54, 1.807) is 13.8 Å². The van der Waals surface area contributed by atoms with Gasteiger partial charge < -0.3 is 14.5 Å². The molecule has 1 aromatic rings. The zero-order valence-electron chi connectivity index (χ0n) is 12.7. The summed E-state index contributed by atoms with van der Waals surface area (Å²) in [7, 11) is 2.04. The molecule has 116 valence electrons. The summed E-state index contributed by atoms with van der Waals surface area (Å²) in [5.74, 6) is -0.514. The third-order valence-corrected chi connectivity index (χ3v) is 3.59. The van der Waals surface area contributed by atoms with Gasteiger partial charge in [-0.05, 0) is 20.9 Å². The standard InChI is InChI=1S/C13H21N5O3/c1-4-21-13(20)12-10(2)18(15-14-12)9-11(19)17-7-5-16(3)6-8-17/h4-9H2,1-3H3. The average molecular weight is 295 g/mol. The monoisotopic (exact) mass is 295 g/mol. The quantitative estimate of drug-likeness (QED) is 0.699. The second-order valence-corrected chi connectivity index (χ2v) is 5.09. The second kappa shape index (κ2) is 6.66. The number of amides is 1. The highest BCUT2D eigenvalue weighted by atomic mass is 16.5. The van der Waals surface area contributed by atoms with Crippen molar-refractivity contribution in [2.45, 2.75) is 20.4 Å². The molecule has 0 N–H and O–H groups in total. The fraction of sp³-hybridized carbons (Fsp3) is 0.692. The number of rotatable bonds is 4. The molecule has 1 amide bonds. The maximum Gasteiger partial charge on any atom is 0.360 e. The highest BCUT2D eigenvalue weighted by Crippen LogP contribution is 2.07. The number of esters is 1. The van der Waals surface area contributed by atoms with Crippen LogP contribution < -0.4 is 0 Å². The van der Waals surface area contributed by atoms with Crippen LogP contribution in [0.5, 0.6) is 0 Å². The van der Waals surface area contributed by atoms with E-state index in [0.717, 1.165) is 13.1 Å². The Balaban J connectivity index is 2.00. The third kappa shape index (κ3) is 3.57. The molecule has 0 atom stereocenters. The van der Waals surface area contributed by atoms with E-state index in [1.165, 1.54) is 4.68 Å². The van der Waals surface area contributed by atoms with Crippen LogP contribution in [0, 0.1) is 6.92 Å². The van der Waals surface area contributed by atoms with Gasteiger partial charge in [0, 0.05) is 26.2 Å². The van der Waals surface area contributed by atoms with Crippen LogP contribution in [0.3, 0.4) is 0 Å². The first kappa shape index (κ1) is 15.4. The van der Waals surface area contributed by atoms with Crippen LogP contribution in [0.15, 0.2) is 0 Å². The van der Waals surface area contributed by atoms with Crippen LogP contribution in [0.4, 0.5) is 0 Å². The van der Waals surface area contributed by atoms with Crippen LogP contribution in [0.1, 0.15) is 23.1 Å². The van der Waals surface area contributed by atoms with E-state index in [2.05, 4.69) is 15.2 Å².